The van der Waals surface area contributed by atoms with Gasteiger partial charge in [-0.2, -0.15) is 0 Å². The van der Waals surface area contributed by atoms with E-state index >= 15 is 0 Å². The Morgan fingerprint density at radius 2 is 1.95 bits per heavy atom. The van der Waals surface area contributed by atoms with E-state index in [0.717, 1.165) is 5.56 Å². The van der Waals surface area contributed by atoms with Crippen molar-refractivity contribution in [2.45, 2.75) is 32.7 Å². The summed E-state index contributed by atoms with van der Waals surface area (Å²) in [6.07, 6.45) is 1.12. The predicted octanol–water partition coefficient (Wildman–Crippen LogP) is 1.29. The number of carbonyl (C=O) groups is 3. The van der Waals surface area contributed by atoms with Gasteiger partial charge in [-0.25, -0.2) is 0 Å². The average molecular weight is 290 g/mol. The molecular formula is C15H18N2O4. The number of hydrogen-bond acceptors (Lipinski definition) is 4. The summed E-state index contributed by atoms with van der Waals surface area (Å²) in [5.41, 5.74) is 1.66. The Kier molecular flexibility index (Phi) is 4.26. The molecule has 1 aromatic carbocycles. The monoisotopic (exact) mass is 290 g/mol. The molecule has 0 spiro atoms. The van der Waals surface area contributed by atoms with Gasteiger partial charge in [-0.05, 0) is 25.0 Å². The van der Waals surface area contributed by atoms with Crippen LogP contribution in [0.4, 0.5) is 5.69 Å². The number of methoxy groups -OCH3 is 1. The lowest BCUT2D eigenvalue weighted by molar-refractivity contribution is -0.119. The van der Waals surface area contributed by atoms with Crippen molar-refractivity contribution in [2.24, 2.45) is 0 Å². The Balaban J connectivity index is 2.48. The molecular weight excluding hydrogens is 272 g/mol. The second kappa shape index (κ2) is 5.95. The first-order valence-corrected chi connectivity index (χ1v) is 6.72. The molecule has 0 bridgehead atoms. The lowest BCUT2D eigenvalue weighted by Crippen LogP contribution is -2.43. The fourth-order valence-corrected chi connectivity index (χ4v) is 2.62. The van der Waals surface area contributed by atoms with E-state index in [4.69, 9.17) is 4.74 Å². The van der Waals surface area contributed by atoms with Crippen LogP contribution in [0.2, 0.25) is 0 Å². The van der Waals surface area contributed by atoms with Crippen molar-refractivity contribution in [1.29, 1.82) is 0 Å². The van der Waals surface area contributed by atoms with E-state index in [1.54, 1.807) is 12.1 Å². The van der Waals surface area contributed by atoms with Gasteiger partial charge in [0.25, 0.3) is 0 Å². The lowest BCUT2D eigenvalue weighted by Gasteiger charge is -2.27. The molecule has 0 radical (unpaired) electrons. The van der Waals surface area contributed by atoms with Crippen LogP contribution in [0.1, 0.15) is 36.2 Å². The van der Waals surface area contributed by atoms with Crippen molar-refractivity contribution in [3.8, 4) is 5.75 Å². The molecule has 6 nitrogen and oxygen atoms in total. The molecule has 0 aromatic heterocycles. The van der Waals surface area contributed by atoms with Crippen LogP contribution in [-0.4, -0.2) is 30.7 Å². The number of Topliss-reactive ketones (excluding diaryl/α,β-unsaturated/α-hetero) is 1. The van der Waals surface area contributed by atoms with Crippen LogP contribution in [0.25, 0.3) is 0 Å². The third-order valence-corrected chi connectivity index (χ3v) is 3.42. The maximum Gasteiger partial charge on any atom is 0.221 e. The molecule has 1 aliphatic rings. The Morgan fingerprint density at radius 1 is 1.24 bits per heavy atom. The van der Waals surface area contributed by atoms with E-state index < -0.39 is 6.04 Å². The van der Waals surface area contributed by atoms with Gasteiger partial charge in [0.05, 0.1) is 24.4 Å². The number of benzene rings is 1. The Hall–Kier alpha value is -2.37. The normalized spacial score (nSPS) is 16.9. The van der Waals surface area contributed by atoms with Crippen LogP contribution in [0.3, 0.4) is 0 Å². The summed E-state index contributed by atoms with van der Waals surface area (Å²) in [6, 6.07) is 2.82. The lowest BCUT2D eigenvalue weighted by atomic mass is 9.85. The molecule has 2 N–H and O–H groups in total. The quantitative estimate of drug-likeness (QED) is 0.878. The molecule has 0 aliphatic heterocycles. The Labute approximate surface area is 122 Å². The highest BCUT2D eigenvalue weighted by Gasteiger charge is 2.32. The third kappa shape index (κ3) is 3.04. The highest BCUT2D eigenvalue weighted by atomic mass is 16.5. The summed E-state index contributed by atoms with van der Waals surface area (Å²) in [4.78, 5) is 35.1. The van der Waals surface area contributed by atoms with Gasteiger partial charge < -0.3 is 15.4 Å². The first kappa shape index (κ1) is 15.0. The zero-order valence-electron chi connectivity index (χ0n) is 12.3. The van der Waals surface area contributed by atoms with Gasteiger partial charge in [0.1, 0.15) is 5.75 Å². The number of anilines is 1. The highest BCUT2D eigenvalue weighted by molar-refractivity contribution is 6.10. The molecule has 0 saturated carbocycles. The minimum absolute atomic E-state index is 0.200. The fraction of sp³-hybridized carbons (Fsp3) is 0.400. The van der Waals surface area contributed by atoms with Crippen LogP contribution in [0.5, 0.6) is 5.75 Å². The second-order valence-corrected chi connectivity index (χ2v) is 5.01. The van der Waals surface area contributed by atoms with Gasteiger partial charge in [-0.15, -0.1) is 0 Å². The van der Waals surface area contributed by atoms with Crippen LogP contribution in [-0.2, 0) is 16.0 Å². The van der Waals surface area contributed by atoms with Gasteiger partial charge in [0.15, 0.2) is 5.78 Å². The van der Waals surface area contributed by atoms with Crippen molar-refractivity contribution in [3.05, 3.63) is 23.3 Å². The number of ether oxygens (including phenoxy) is 1. The van der Waals surface area contributed by atoms with Gasteiger partial charge in [-0.3, -0.25) is 14.4 Å². The molecule has 112 valence electrons. The van der Waals surface area contributed by atoms with Gasteiger partial charge in [0, 0.05) is 19.4 Å². The van der Waals surface area contributed by atoms with Crippen molar-refractivity contribution in [1.82, 2.24) is 5.32 Å². The molecule has 2 rings (SSSR count). The summed E-state index contributed by atoms with van der Waals surface area (Å²) in [5, 5.41) is 5.31. The molecule has 2 amide bonds. The van der Waals surface area contributed by atoms with Crippen molar-refractivity contribution >= 4 is 23.3 Å². The number of carbonyl (C=O) groups excluding carboxylic acids is 3. The number of hydrogen-bond donors (Lipinski definition) is 2. The highest BCUT2D eigenvalue weighted by Crippen LogP contribution is 2.34. The summed E-state index contributed by atoms with van der Waals surface area (Å²) >= 11 is 0. The van der Waals surface area contributed by atoms with Crippen molar-refractivity contribution < 1.29 is 19.1 Å². The number of amides is 2. The van der Waals surface area contributed by atoms with E-state index in [1.807, 2.05) is 0 Å². The van der Waals surface area contributed by atoms with E-state index in [9.17, 15) is 14.4 Å². The minimum Gasteiger partial charge on any atom is -0.496 e. The molecule has 1 atom stereocenters. The minimum atomic E-state index is -0.561. The summed E-state index contributed by atoms with van der Waals surface area (Å²) in [5.74, 6) is -0.0829. The second-order valence-electron chi connectivity index (χ2n) is 5.01. The molecule has 6 heteroatoms. The average Bonchev–Trinajstić information content (AvgIpc) is 2.41. The van der Waals surface area contributed by atoms with E-state index in [2.05, 4.69) is 10.6 Å². The molecule has 1 aromatic rings. The first-order valence-electron chi connectivity index (χ1n) is 6.72. The Bertz CT molecular complexity index is 610. The van der Waals surface area contributed by atoms with Crippen LogP contribution < -0.4 is 15.4 Å². The Morgan fingerprint density at radius 3 is 2.52 bits per heavy atom. The van der Waals surface area contributed by atoms with Gasteiger partial charge >= 0.3 is 0 Å². The predicted molar refractivity (Wildman–Crippen MR) is 77.6 cm³/mol. The van der Waals surface area contributed by atoms with Gasteiger partial charge in [-0.1, -0.05) is 0 Å². The number of nitrogens with one attached hydrogen (secondary N) is 2. The third-order valence-electron chi connectivity index (χ3n) is 3.42. The molecule has 0 heterocycles. The number of ketones is 1. The van der Waals surface area contributed by atoms with Crippen LogP contribution in [0.15, 0.2) is 12.1 Å². The van der Waals surface area contributed by atoms with Crippen LogP contribution >= 0.6 is 0 Å². The largest absolute Gasteiger partial charge is 0.496 e. The van der Waals surface area contributed by atoms with Crippen molar-refractivity contribution in [3.63, 3.8) is 0 Å². The summed E-state index contributed by atoms with van der Waals surface area (Å²) in [7, 11) is 1.54. The standard InChI is InChI=1S/C15H18N2O4/c1-8(18)16-11-6-7-13(21-3)10-4-5-12(17-9(2)19)15(20)14(10)11/h6-7,12H,4-5H2,1-3H3,(H,16,18)(H,17,19). The summed E-state index contributed by atoms with van der Waals surface area (Å²) < 4.78 is 5.28. The number of rotatable bonds is 3. The van der Waals surface area contributed by atoms with E-state index in [1.165, 1.54) is 21.0 Å². The molecule has 1 unspecified atom stereocenters. The number of fused-ring (bicyclic) bond motifs is 1. The maximum atomic E-state index is 12.6. The van der Waals surface area contributed by atoms with Crippen molar-refractivity contribution in [2.75, 3.05) is 12.4 Å². The molecule has 0 saturated heterocycles. The van der Waals surface area contributed by atoms with Gasteiger partial charge in [0.2, 0.25) is 11.8 Å². The topological polar surface area (TPSA) is 84.5 Å². The van der Waals surface area contributed by atoms with E-state index in [-0.39, 0.29) is 17.6 Å². The van der Waals surface area contributed by atoms with Crippen LogP contribution in [0, 0.1) is 0 Å². The fourth-order valence-electron chi connectivity index (χ4n) is 2.62. The first-order chi connectivity index (χ1) is 9.93. The SMILES string of the molecule is COc1ccc(NC(C)=O)c2c1CCC(NC(C)=O)C2=O. The zero-order chi connectivity index (χ0) is 15.6. The zero-order valence-corrected chi connectivity index (χ0v) is 12.3. The molecule has 1 aliphatic carbocycles. The maximum absolute atomic E-state index is 12.6. The van der Waals surface area contributed by atoms with E-state index in [0.29, 0.717) is 29.8 Å². The summed E-state index contributed by atoms with van der Waals surface area (Å²) in [6.45, 7) is 2.76. The molecule has 0 fully saturated rings. The smallest absolute Gasteiger partial charge is 0.221 e. The molecule has 21 heavy (non-hydrogen) atoms.